The normalized spacial score (nSPS) is 10.6. The summed E-state index contributed by atoms with van der Waals surface area (Å²) in [6, 6.07) is 20.9. The molecule has 0 radical (unpaired) electrons. The predicted octanol–water partition coefficient (Wildman–Crippen LogP) is 5.45. The van der Waals surface area contributed by atoms with Crippen molar-refractivity contribution in [3.63, 3.8) is 0 Å². The fraction of sp³-hybridized carbons (Fsp3) is 0. The van der Waals surface area contributed by atoms with Crippen LogP contribution >= 0.6 is 15.9 Å². The average molecular weight is 390 g/mol. The lowest BCUT2D eigenvalue weighted by Gasteiger charge is -2.08. The van der Waals surface area contributed by atoms with E-state index in [2.05, 4.69) is 31.6 Å². The zero-order chi connectivity index (χ0) is 17.2. The maximum Gasteiger partial charge on any atom is 0.127 e. The first kappa shape index (κ1) is 15.4. The Balaban J connectivity index is 1.62. The minimum atomic E-state index is 0.612. The monoisotopic (exact) mass is 389 g/mol. The summed E-state index contributed by atoms with van der Waals surface area (Å²) >= 11 is 3.55. The van der Waals surface area contributed by atoms with Gasteiger partial charge in [-0.1, -0.05) is 0 Å². The molecule has 0 aliphatic rings. The summed E-state index contributed by atoms with van der Waals surface area (Å²) in [6.45, 7) is 0. The van der Waals surface area contributed by atoms with Crippen molar-refractivity contribution in [3.05, 3.63) is 83.1 Å². The van der Waals surface area contributed by atoms with E-state index in [4.69, 9.17) is 10.00 Å². The molecule has 0 aliphatic heterocycles. The molecule has 4 rings (SSSR count). The third kappa shape index (κ3) is 3.00. The molecule has 4 nitrogen and oxygen atoms in total. The van der Waals surface area contributed by atoms with Crippen LogP contribution in [0.5, 0.6) is 11.5 Å². The summed E-state index contributed by atoms with van der Waals surface area (Å²) in [5, 5.41) is 8.83. The lowest BCUT2D eigenvalue weighted by atomic mass is 10.2. The van der Waals surface area contributed by atoms with Gasteiger partial charge < -0.3 is 9.30 Å². The Labute approximate surface area is 153 Å². The number of ether oxygens (including phenoxy) is 1. The van der Waals surface area contributed by atoms with Crippen LogP contribution in [0.2, 0.25) is 0 Å². The minimum Gasteiger partial charge on any atom is -0.457 e. The summed E-state index contributed by atoms with van der Waals surface area (Å²) in [5.74, 6) is 1.44. The maximum absolute atomic E-state index is 8.83. The Morgan fingerprint density at radius 3 is 2.32 bits per heavy atom. The SMILES string of the molecule is N#Cc1ccc(Oc2ccc(-n3cc(Br)c4ncccc43)cc2)cc1. The molecule has 0 bridgehead atoms. The van der Waals surface area contributed by atoms with Gasteiger partial charge in [0, 0.05) is 18.1 Å². The molecule has 120 valence electrons. The number of nitriles is 1. The van der Waals surface area contributed by atoms with Crippen molar-refractivity contribution in [2.75, 3.05) is 0 Å². The third-order valence-corrected chi connectivity index (χ3v) is 4.43. The summed E-state index contributed by atoms with van der Waals surface area (Å²) in [4.78, 5) is 4.40. The number of halogens is 1. The van der Waals surface area contributed by atoms with Crippen LogP contribution in [0.3, 0.4) is 0 Å². The maximum atomic E-state index is 8.83. The van der Waals surface area contributed by atoms with Crippen molar-refractivity contribution in [1.82, 2.24) is 9.55 Å². The fourth-order valence-corrected chi connectivity index (χ4v) is 3.15. The van der Waals surface area contributed by atoms with Crippen molar-refractivity contribution in [2.24, 2.45) is 0 Å². The molecule has 2 heterocycles. The summed E-state index contributed by atoms with van der Waals surface area (Å²) in [5.41, 5.74) is 3.60. The number of pyridine rings is 1. The van der Waals surface area contributed by atoms with Gasteiger partial charge in [0.2, 0.25) is 0 Å². The largest absolute Gasteiger partial charge is 0.457 e. The second-order valence-electron chi connectivity index (χ2n) is 5.45. The molecule has 0 N–H and O–H groups in total. The van der Waals surface area contributed by atoms with Crippen molar-refractivity contribution < 1.29 is 4.74 Å². The minimum absolute atomic E-state index is 0.612. The number of aromatic nitrogens is 2. The van der Waals surface area contributed by atoms with E-state index < -0.39 is 0 Å². The van der Waals surface area contributed by atoms with E-state index in [1.807, 2.05) is 42.6 Å². The van der Waals surface area contributed by atoms with Crippen LogP contribution in [0.15, 0.2) is 77.5 Å². The first-order chi connectivity index (χ1) is 12.2. The molecule has 0 atom stereocenters. The van der Waals surface area contributed by atoms with Gasteiger partial charge in [-0.3, -0.25) is 4.98 Å². The van der Waals surface area contributed by atoms with E-state index in [0.29, 0.717) is 11.3 Å². The van der Waals surface area contributed by atoms with Crippen LogP contribution in [-0.2, 0) is 0 Å². The van der Waals surface area contributed by atoms with E-state index in [0.717, 1.165) is 26.9 Å². The van der Waals surface area contributed by atoms with Gasteiger partial charge in [-0.05, 0) is 76.6 Å². The smallest absolute Gasteiger partial charge is 0.127 e. The highest BCUT2D eigenvalue weighted by Crippen LogP contribution is 2.28. The van der Waals surface area contributed by atoms with Gasteiger partial charge in [0.25, 0.3) is 0 Å². The number of benzene rings is 2. The van der Waals surface area contributed by atoms with Crippen LogP contribution < -0.4 is 4.74 Å². The molecule has 25 heavy (non-hydrogen) atoms. The lowest BCUT2D eigenvalue weighted by molar-refractivity contribution is 0.482. The summed E-state index contributed by atoms with van der Waals surface area (Å²) in [6.07, 6.45) is 3.79. The van der Waals surface area contributed by atoms with Crippen molar-refractivity contribution in [3.8, 4) is 23.3 Å². The zero-order valence-electron chi connectivity index (χ0n) is 13.1. The Kier molecular flexibility index (Phi) is 3.96. The molecule has 0 amide bonds. The van der Waals surface area contributed by atoms with Gasteiger partial charge in [0.05, 0.1) is 21.6 Å². The lowest BCUT2D eigenvalue weighted by Crippen LogP contribution is -1.92. The Morgan fingerprint density at radius 2 is 1.64 bits per heavy atom. The van der Waals surface area contributed by atoms with Crippen LogP contribution in [-0.4, -0.2) is 9.55 Å². The molecule has 2 aromatic heterocycles. The standard InChI is InChI=1S/C20H12BrN3O/c21-18-13-24(19-2-1-11-23-20(18)19)15-5-9-17(10-6-15)25-16-7-3-14(12-22)4-8-16/h1-11,13H. The molecule has 4 aromatic rings. The van der Waals surface area contributed by atoms with E-state index >= 15 is 0 Å². The number of nitrogens with zero attached hydrogens (tertiary/aromatic N) is 3. The Hall–Kier alpha value is -3.10. The molecule has 0 spiro atoms. The van der Waals surface area contributed by atoms with Gasteiger partial charge in [0.15, 0.2) is 0 Å². The first-order valence-electron chi connectivity index (χ1n) is 7.64. The fourth-order valence-electron chi connectivity index (χ4n) is 2.64. The molecule has 0 fully saturated rings. The van der Waals surface area contributed by atoms with Gasteiger partial charge in [-0.15, -0.1) is 0 Å². The summed E-state index contributed by atoms with van der Waals surface area (Å²) in [7, 11) is 0. The second kappa shape index (κ2) is 6.42. The van der Waals surface area contributed by atoms with Gasteiger partial charge in [-0.25, -0.2) is 0 Å². The molecule has 0 aliphatic carbocycles. The highest BCUT2D eigenvalue weighted by atomic mass is 79.9. The Bertz CT molecular complexity index is 1080. The van der Waals surface area contributed by atoms with Crippen molar-refractivity contribution in [2.45, 2.75) is 0 Å². The van der Waals surface area contributed by atoms with Crippen LogP contribution in [0.1, 0.15) is 5.56 Å². The zero-order valence-corrected chi connectivity index (χ0v) is 14.6. The van der Waals surface area contributed by atoms with E-state index in [9.17, 15) is 0 Å². The van der Waals surface area contributed by atoms with Gasteiger partial charge in [0.1, 0.15) is 17.0 Å². The first-order valence-corrected chi connectivity index (χ1v) is 8.44. The molecule has 0 saturated carbocycles. The molecule has 2 aromatic carbocycles. The predicted molar refractivity (Wildman–Crippen MR) is 100 cm³/mol. The van der Waals surface area contributed by atoms with Crippen molar-refractivity contribution >= 4 is 27.0 Å². The number of rotatable bonds is 3. The van der Waals surface area contributed by atoms with Crippen LogP contribution in [0, 0.1) is 11.3 Å². The molecule has 0 unspecified atom stereocenters. The molecular formula is C20H12BrN3O. The van der Waals surface area contributed by atoms with Crippen LogP contribution in [0.4, 0.5) is 0 Å². The van der Waals surface area contributed by atoms with E-state index in [-0.39, 0.29) is 0 Å². The van der Waals surface area contributed by atoms with E-state index in [1.54, 1.807) is 30.5 Å². The van der Waals surface area contributed by atoms with Crippen molar-refractivity contribution in [1.29, 1.82) is 5.26 Å². The van der Waals surface area contributed by atoms with Gasteiger partial charge in [-0.2, -0.15) is 5.26 Å². The molecular weight excluding hydrogens is 378 g/mol. The molecule has 0 saturated heterocycles. The number of hydrogen-bond donors (Lipinski definition) is 0. The quantitative estimate of drug-likeness (QED) is 0.467. The third-order valence-electron chi connectivity index (χ3n) is 3.85. The highest BCUT2D eigenvalue weighted by molar-refractivity contribution is 9.10. The van der Waals surface area contributed by atoms with Gasteiger partial charge >= 0.3 is 0 Å². The summed E-state index contributed by atoms with van der Waals surface area (Å²) < 4.78 is 8.86. The molecule has 5 heteroatoms. The van der Waals surface area contributed by atoms with Crippen LogP contribution in [0.25, 0.3) is 16.7 Å². The topological polar surface area (TPSA) is 50.8 Å². The number of fused-ring (bicyclic) bond motifs is 1. The second-order valence-corrected chi connectivity index (χ2v) is 6.30. The van der Waals surface area contributed by atoms with E-state index in [1.165, 1.54) is 0 Å². The average Bonchev–Trinajstić information content (AvgIpc) is 3.00. The Morgan fingerprint density at radius 1 is 0.960 bits per heavy atom. The number of hydrogen-bond acceptors (Lipinski definition) is 3. The highest BCUT2D eigenvalue weighted by Gasteiger charge is 2.08.